The highest BCUT2D eigenvalue weighted by Crippen LogP contribution is 2.50. The van der Waals surface area contributed by atoms with Crippen LogP contribution in [-0.2, 0) is 10.2 Å². The molecule has 1 aromatic carbocycles. The third-order valence-electron chi connectivity index (χ3n) is 3.44. The van der Waals surface area contributed by atoms with Gasteiger partial charge in [0.05, 0.1) is 19.1 Å². The van der Waals surface area contributed by atoms with Gasteiger partial charge < -0.3 is 9.47 Å². The van der Waals surface area contributed by atoms with Crippen molar-refractivity contribution in [2.24, 2.45) is 0 Å². The van der Waals surface area contributed by atoms with Gasteiger partial charge in [0.15, 0.2) is 11.5 Å². The van der Waals surface area contributed by atoms with Crippen LogP contribution in [-0.4, -0.2) is 19.5 Å². The number of Topliss-reactive ketones (excluding diaryl/α,β-unsaturated/α-hetero) is 1. The average molecular weight is 234 g/mol. The fourth-order valence-electron chi connectivity index (χ4n) is 2.21. The van der Waals surface area contributed by atoms with Gasteiger partial charge in [0, 0.05) is 0 Å². The van der Waals surface area contributed by atoms with Gasteiger partial charge >= 0.3 is 0 Å². The van der Waals surface area contributed by atoms with E-state index in [0.29, 0.717) is 6.61 Å². The molecule has 1 saturated carbocycles. The van der Waals surface area contributed by atoms with E-state index in [-0.39, 0.29) is 11.2 Å². The van der Waals surface area contributed by atoms with Crippen molar-refractivity contribution in [3.05, 3.63) is 23.8 Å². The molecule has 1 aliphatic rings. The molecule has 1 aromatic rings. The molecule has 0 radical (unpaired) electrons. The van der Waals surface area contributed by atoms with Crippen LogP contribution in [0.15, 0.2) is 18.2 Å². The highest BCUT2D eigenvalue weighted by Gasteiger charge is 2.48. The van der Waals surface area contributed by atoms with Gasteiger partial charge in [0.1, 0.15) is 5.78 Å². The molecule has 0 amide bonds. The second-order valence-electron chi connectivity index (χ2n) is 4.44. The lowest BCUT2D eigenvalue weighted by Gasteiger charge is -2.15. The topological polar surface area (TPSA) is 35.5 Å². The fraction of sp³-hybridized carbons (Fsp3) is 0.500. The standard InChI is InChI=1S/C14H18O3/c1-4-17-13-9-11(5-6-12(13)16-3)14(7-8-14)10(2)15/h5-6,9H,4,7-8H2,1-3H3. The Morgan fingerprint density at radius 2 is 2.06 bits per heavy atom. The summed E-state index contributed by atoms with van der Waals surface area (Å²) in [6.45, 7) is 4.19. The minimum Gasteiger partial charge on any atom is -0.493 e. The first-order chi connectivity index (χ1) is 8.14. The van der Waals surface area contributed by atoms with Crippen LogP contribution in [0.1, 0.15) is 32.3 Å². The summed E-state index contributed by atoms with van der Waals surface area (Å²) in [5.41, 5.74) is 0.798. The van der Waals surface area contributed by atoms with E-state index in [0.717, 1.165) is 29.9 Å². The van der Waals surface area contributed by atoms with Crippen LogP contribution in [0.3, 0.4) is 0 Å². The largest absolute Gasteiger partial charge is 0.493 e. The Labute approximate surface area is 102 Å². The molecule has 17 heavy (non-hydrogen) atoms. The van der Waals surface area contributed by atoms with Crippen LogP contribution in [0.5, 0.6) is 11.5 Å². The molecule has 0 atom stereocenters. The van der Waals surface area contributed by atoms with Crippen LogP contribution in [0.25, 0.3) is 0 Å². The van der Waals surface area contributed by atoms with Crippen molar-refractivity contribution >= 4 is 5.78 Å². The Morgan fingerprint density at radius 3 is 2.53 bits per heavy atom. The van der Waals surface area contributed by atoms with Gasteiger partial charge in [0.2, 0.25) is 0 Å². The molecule has 0 unspecified atom stereocenters. The molecule has 3 heteroatoms. The van der Waals surface area contributed by atoms with E-state index < -0.39 is 0 Å². The lowest BCUT2D eigenvalue weighted by Crippen LogP contribution is -2.17. The van der Waals surface area contributed by atoms with Crippen molar-refractivity contribution in [2.45, 2.75) is 32.1 Å². The third-order valence-corrected chi connectivity index (χ3v) is 3.44. The average Bonchev–Trinajstić information content (AvgIpc) is 3.10. The van der Waals surface area contributed by atoms with Crippen LogP contribution in [0.2, 0.25) is 0 Å². The fourth-order valence-corrected chi connectivity index (χ4v) is 2.21. The highest BCUT2D eigenvalue weighted by atomic mass is 16.5. The molecule has 0 spiro atoms. The molecule has 92 valence electrons. The van der Waals surface area contributed by atoms with Crippen LogP contribution in [0.4, 0.5) is 0 Å². The summed E-state index contributed by atoms with van der Waals surface area (Å²) in [6, 6.07) is 5.79. The van der Waals surface area contributed by atoms with Gasteiger partial charge in [-0.2, -0.15) is 0 Å². The van der Waals surface area contributed by atoms with E-state index in [1.165, 1.54) is 0 Å². The smallest absolute Gasteiger partial charge is 0.161 e. The maximum absolute atomic E-state index is 11.7. The third kappa shape index (κ3) is 2.02. The van der Waals surface area contributed by atoms with Gasteiger partial charge in [-0.15, -0.1) is 0 Å². The molecule has 0 saturated heterocycles. The van der Waals surface area contributed by atoms with Crippen molar-refractivity contribution in [3.63, 3.8) is 0 Å². The van der Waals surface area contributed by atoms with Crippen molar-refractivity contribution in [1.29, 1.82) is 0 Å². The summed E-state index contributed by atoms with van der Waals surface area (Å²) in [4.78, 5) is 11.7. The van der Waals surface area contributed by atoms with E-state index in [4.69, 9.17) is 9.47 Å². The molecule has 0 bridgehead atoms. The quantitative estimate of drug-likeness (QED) is 0.785. The molecular formula is C14H18O3. The van der Waals surface area contributed by atoms with Gasteiger partial charge in [-0.1, -0.05) is 6.07 Å². The maximum Gasteiger partial charge on any atom is 0.161 e. The van der Waals surface area contributed by atoms with Gasteiger partial charge in [0.25, 0.3) is 0 Å². The molecule has 3 nitrogen and oxygen atoms in total. The predicted molar refractivity (Wildman–Crippen MR) is 65.8 cm³/mol. The molecule has 2 rings (SSSR count). The highest BCUT2D eigenvalue weighted by molar-refractivity contribution is 5.91. The SMILES string of the molecule is CCOc1cc(C2(C(C)=O)CC2)ccc1OC. The number of benzene rings is 1. The first-order valence-electron chi connectivity index (χ1n) is 5.96. The molecule has 0 aliphatic heterocycles. The predicted octanol–water partition coefficient (Wildman–Crippen LogP) is 2.71. The zero-order valence-corrected chi connectivity index (χ0v) is 10.6. The second kappa shape index (κ2) is 4.40. The first kappa shape index (κ1) is 12.0. The van der Waals surface area contributed by atoms with E-state index in [9.17, 15) is 4.79 Å². The van der Waals surface area contributed by atoms with Crippen molar-refractivity contribution < 1.29 is 14.3 Å². The summed E-state index contributed by atoms with van der Waals surface area (Å²) >= 11 is 0. The number of rotatable bonds is 5. The van der Waals surface area contributed by atoms with E-state index in [1.54, 1.807) is 14.0 Å². The van der Waals surface area contributed by atoms with Gasteiger partial charge in [-0.3, -0.25) is 4.79 Å². The Balaban J connectivity index is 2.37. The summed E-state index contributed by atoms with van der Waals surface area (Å²) in [5.74, 6) is 1.68. The first-order valence-corrected chi connectivity index (χ1v) is 5.96. The number of carbonyl (C=O) groups excluding carboxylic acids is 1. The molecular weight excluding hydrogens is 216 g/mol. The van der Waals surface area contributed by atoms with Gasteiger partial charge in [-0.05, 0) is 44.4 Å². The molecule has 0 N–H and O–H groups in total. The minimum atomic E-state index is -0.252. The maximum atomic E-state index is 11.7. The van der Waals surface area contributed by atoms with Crippen molar-refractivity contribution in [2.75, 3.05) is 13.7 Å². The number of carbonyl (C=O) groups is 1. The molecule has 1 aliphatic carbocycles. The number of ketones is 1. The summed E-state index contributed by atoms with van der Waals surface area (Å²) < 4.78 is 10.8. The number of ether oxygens (including phenoxy) is 2. The van der Waals surface area contributed by atoms with Crippen LogP contribution >= 0.6 is 0 Å². The van der Waals surface area contributed by atoms with E-state index in [2.05, 4.69) is 0 Å². The number of methoxy groups -OCH3 is 1. The monoisotopic (exact) mass is 234 g/mol. The van der Waals surface area contributed by atoms with E-state index in [1.807, 2.05) is 25.1 Å². The Morgan fingerprint density at radius 1 is 1.35 bits per heavy atom. The van der Waals surface area contributed by atoms with Gasteiger partial charge in [-0.25, -0.2) is 0 Å². The zero-order chi connectivity index (χ0) is 12.5. The molecule has 0 heterocycles. The van der Waals surface area contributed by atoms with Crippen LogP contribution in [0, 0.1) is 0 Å². The van der Waals surface area contributed by atoms with Crippen molar-refractivity contribution in [3.8, 4) is 11.5 Å². The molecule has 1 fully saturated rings. The number of hydrogen-bond acceptors (Lipinski definition) is 3. The zero-order valence-electron chi connectivity index (χ0n) is 10.6. The Bertz CT molecular complexity index is 433. The number of hydrogen-bond donors (Lipinski definition) is 0. The summed E-state index contributed by atoms with van der Waals surface area (Å²) in [6.07, 6.45) is 1.89. The Hall–Kier alpha value is -1.51. The molecule has 0 aromatic heterocycles. The lowest BCUT2D eigenvalue weighted by molar-refractivity contribution is -0.119. The normalized spacial score (nSPS) is 16.4. The summed E-state index contributed by atoms with van der Waals surface area (Å²) in [7, 11) is 1.62. The van der Waals surface area contributed by atoms with Crippen LogP contribution < -0.4 is 9.47 Å². The summed E-state index contributed by atoms with van der Waals surface area (Å²) in [5, 5.41) is 0. The van der Waals surface area contributed by atoms with E-state index >= 15 is 0 Å². The Kier molecular flexibility index (Phi) is 3.09. The second-order valence-corrected chi connectivity index (χ2v) is 4.44. The lowest BCUT2D eigenvalue weighted by atomic mass is 9.92. The minimum absolute atomic E-state index is 0.241. The van der Waals surface area contributed by atoms with Crippen molar-refractivity contribution in [1.82, 2.24) is 0 Å².